The molecule has 7 aromatic carbocycles. The highest BCUT2D eigenvalue weighted by Crippen LogP contribution is 2.52. The Hall–Kier alpha value is -5.88. The van der Waals surface area contributed by atoms with Crippen LogP contribution in [0.5, 0.6) is 0 Å². The molecule has 0 unspecified atom stereocenters. The Kier molecular flexibility index (Phi) is 9.99. The van der Waals surface area contributed by atoms with Gasteiger partial charge in [-0.15, -0.1) is 22.7 Å². The molecule has 0 atom stereocenters. The second-order valence-corrected chi connectivity index (χ2v) is 24.5. The lowest BCUT2D eigenvalue weighted by Gasteiger charge is -2.45. The second kappa shape index (κ2) is 15.3. The van der Waals surface area contributed by atoms with Gasteiger partial charge in [-0.2, -0.15) is 0 Å². The molecule has 2 aromatic heterocycles. The van der Waals surface area contributed by atoms with Crippen LogP contribution in [0.1, 0.15) is 101 Å². The van der Waals surface area contributed by atoms with Crippen molar-refractivity contribution in [1.29, 1.82) is 0 Å². The Morgan fingerprint density at radius 2 is 1.06 bits per heavy atom. The largest absolute Gasteiger partial charge is 0.311 e. The van der Waals surface area contributed by atoms with Gasteiger partial charge in [0.05, 0.1) is 16.4 Å². The molecule has 4 heterocycles. The molecule has 5 heteroatoms. The molecule has 2 aliphatic heterocycles. The average Bonchev–Trinajstić information content (AvgIpc) is 3.88. The molecule has 0 radical (unpaired) electrons. The van der Waals surface area contributed by atoms with Crippen molar-refractivity contribution in [2.75, 3.05) is 9.80 Å². The van der Waals surface area contributed by atoms with Crippen molar-refractivity contribution < 1.29 is 0 Å². The molecule has 0 saturated heterocycles. The lowest BCUT2D eigenvalue weighted by atomic mass is 9.33. The van der Waals surface area contributed by atoms with Crippen molar-refractivity contribution in [3.05, 3.63) is 172 Å². The third-order valence-electron chi connectivity index (χ3n) is 14.5. The highest BCUT2D eigenvalue weighted by atomic mass is 32.1. The number of rotatable bonds is 4. The maximum atomic E-state index is 2.68. The van der Waals surface area contributed by atoms with E-state index in [2.05, 4.69) is 233 Å². The smallest absolute Gasteiger partial charge is 0.254 e. The maximum Gasteiger partial charge on any atom is 0.254 e. The van der Waals surface area contributed by atoms with Crippen molar-refractivity contribution in [2.45, 2.75) is 106 Å². The second-order valence-electron chi connectivity index (χ2n) is 22.5. The number of hydrogen-bond donors (Lipinski definition) is 0. The zero-order chi connectivity index (χ0) is 47.1. The van der Waals surface area contributed by atoms with Crippen LogP contribution >= 0.6 is 22.7 Å². The minimum atomic E-state index is -0.0283. The first-order valence-corrected chi connectivity index (χ1v) is 25.7. The molecule has 0 amide bonds. The number of thiophene rings is 2. The molecular weight excluding hydrogens is 848 g/mol. The van der Waals surface area contributed by atoms with E-state index < -0.39 is 0 Å². The zero-order valence-electron chi connectivity index (χ0n) is 41.5. The van der Waals surface area contributed by atoms with Gasteiger partial charge in [0.15, 0.2) is 0 Å². The van der Waals surface area contributed by atoms with Crippen LogP contribution in [0.4, 0.5) is 33.4 Å². The Bertz CT molecular complexity index is 3450. The van der Waals surface area contributed by atoms with Gasteiger partial charge in [-0.3, -0.25) is 0 Å². The summed E-state index contributed by atoms with van der Waals surface area (Å²) < 4.78 is 2.65. The summed E-state index contributed by atoms with van der Waals surface area (Å²) in [6, 6.07) is 49.5. The van der Waals surface area contributed by atoms with E-state index in [1.165, 1.54) is 131 Å². The summed E-state index contributed by atoms with van der Waals surface area (Å²) in [7, 11) is 0. The van der Waals surface area contributed by atoms with Gasteiger partial charge in [0, 0.05) is 43.0 Å². The number of anilines is 6. The van der Waals surface area contributed by atoms with Crippen LogP contribution in [-0.4, -0.2) is 6.71 Å². The fourth-order valence-corrected chi connectivity index (χ4v) is 13.3. The first-order valence-electron chi connectivity index (χ1n) is 24.0. The van der Waals surface area contributed by atoms with Crippen LogP contribution in [0.25, 0.3) is 42.4 Å². The summed E-state index contributed by atoms with van der Waals surface area (Å²) in [6.45, 7) is 30.4. The number of benzene rings is 7. The van der Waals surface area contributed by atoms with Crippen LogP contribution in [0.15, 0.2) is 133 Å². The Balaban J connectivity index is 1.30. The van der Waals surface area contributed by atoms with E-state index in [4.69, 9.17) is 0 Å². The molecule has 2 nitrogen and oxygen atoms in total. The van der Waals surface area contributed by atoms with Gasteiger partial charge < -0.3 is 9.80 Å². The third kappa shape index (κ3) is 7.02. The van der Waals surface area contributed by atoms with Gasteiger partial charge in [-0.05, 0) is 158 Å². The molecule has 67 heavy (non-hydrogen) atoms. The van der Waals surface area contributed by atoms with Crippen LogP contribution in [0.2, 0.25) is 0 Å². The van der Waals surface area contributed by atoms with E-state index in [0.29, 0.717) is 0 Å². The van der Waals surface area contributed by atoms with Gasteiger partial charge in [-0.25, -0.2) is 0 Å². The first-order chi connectivity index (χ1) is 31.8. The molecule has 334 valence electrons. The van der Waals surface area contributed by atoms with Crippen molar-refractivity contribution in [3.8, 4) is 22.3 Å². The fourth-order valence-electron chi connectivity index (χ4n) is 11.0. The quantitative estimate of drug-likeness (QED) is 0.162. The Labute approximate surface area is 407 Å². The lowest BCUT2D eigenvalue weighted by molar-refractivity contribution is 0.589. The predicted octanol–water partition coefficient (Wildman–Crippen LogP) is 16.7. The predicted molar refractivity (Wildman–Crippen MR) is 297 cm³/mol. The molecule has 2 aliphatic rings. The van der Waals surface area contributed by atoms with Crippen molar-refractivity contribution in [3.63, 3.8) is 0 Å². The number of nitrogens with zero attached hydrogens (tertiary/aromatic N) is 2. The Morgan fingerprint density at radius 3 is 1.73 bits per heavy atom. The van der Waals surface area contributed by atoms with E-state index in [0.717, 1.165) is 0 Å². The van der Waals surface area contributed by atoms with Crippen molar-refractivity contribution in [2.24, 2.45) is 0 Å². The van der Waals surface area contributed by atoms with Crippen LogP contribution in [0.3, 0.4) is 0 Å². The summed E-state index contributed by atoms with van der Waals surface area (Å²) >= 11 is 3.81. The van der Waals surface area contributed by atoms with Gasteiger partial charge in [-0.1, -0.05) is 153 Å². The minimum Gasteiger partial charge on any atom is -0.311 e. The molecule has 0 spiro atoms. The third-order valence-corrected chi connectivity index (χ3v) is 16.7. The molecule has 9 aromatic rings. The monoisotopic (exact) mass is 908 g/mol. The molecular formula is C62H61BN2S2. The molecule has 0 saturated carbocycles. The fraction of sp³-hybridized carbons (Fsp3) is 0.258. The van der Waals surface area contributed by atoms with Gasteiger partial charge in [0.1, 0.15) is 0 Å². The molecule has 11 rings (SSSR count). The standard InChI is InChI=1S/C62H61BN2S2/c1-36-27-51-56-52(28-36)65(57-37(2)29-43(30-38(57)3)61(8,9)10)59-55(47-33-42(60(5,6)7)24-26-54(47)67-59)63(56)49-32-41(48-35-66-53-22-18-17-21-45(48)53)23-25-50(49)64(51)58-39(4)31-44(62(11,12)13)34-46(58)40-19-15-14-16-20-40/h14-35H,1-13H3. The van der Waals surface area contributed by atoms with Crippen LogP contribution < -0.4 is 26.2 Å². The number of aryl methyl sites for hydroxylation is 4. The highest BCUT2D eigenvalue weighted by Gasteiger charge is 2.47. The Morgan fingerprint density at radius 1 is 0.448 bits per heavy atom. The summed E-state index contributed by atoms with van der Waals surface area (Å²) in [4.78, 5) is 5.35. The average molecular weight is 909 g/mol. The van der Waals surface area contributed by atoms with Gasteiger partial charge >= 0.3 is 0 Å². The van der Waals surface area contributed by atoms with Crippen molar-refractivity contribution in [1.82, 2.24) is 0 Å². The summed E-state index contributed by atoms with van der Waals surface area (Å²) in [5.74, 6) is 0. The molecule has 0 aliphatic carbocycles. The maximum absolute atomic E-state index is 2.68. The van der Waals surface area contributed by atoms with Gasteiger partial charge in [0.25, 0.3) is 6.71 Å². The topological polar surface area (TPSA) is 6.48 Å². The van der Waals surface area contributed by atoms with Crippen LogP contribution in [-0.2, 0) is 16.2 Å². The van der Waals surface area contributed by atoms with Gasteiger partial charge in [0.2, 0.25) is 0 Å². The molecule has 0 N–H and O–H groups in total. The zero-order valence-corrected chi connectivity index (χ0v) is 43.1. The first kappa shape index (κ1) is 43.7. The van der Waals surface area contributed by atoms with E-state index in [1.807, 2.05) is 22.7 Å². The summed E-state index contributed by atoms with van der Waals surface area (Å²) in [5.41, 5.74) is 24.7. The highest BCUT2D eigenvalue weighted by molar-refractivity contribution is 7.26. The van der Waals surface area contributed by atoms with E-state index in [-0.39, 0.29) is 23.0 Å². The van der Waals surface area contributed by atoms with Crippen molar-refractivity contribution >= 4 is 99.4 Å². The normalized spacial score (nSPS) is 13.7. The molecule has 0 fully saturated rings. The number of hydrogen-bond acceptors (Lipinski definition) is 4. The van der Waals surface area contributed by atoms with E-state index in [9.17, 15) is 0 Å². The summed E-state index contributed by atoms with van der Waals surface area (Å²) in [6.07, 6.45) is 0. The lowest BCUT2D eigenvalue weighted by Crippen LogP contribution is -2.61. The minimum absolute atomic E-state index is 0.00740. The van der Waals surface area contributed by atoms with E-state index in [1.54, 1.807) is 0 Å². The van der Waals surface area contributed by atoms with E-state index >= 15 is 0 Å². The molecule has 0 bridgehead atoms. The summed E-state index contributed by atoms with van der Waals surface area (Å²) in [5, 5.41) is 6.37. The number of fused-ring (bicyclic) bond motifs is 7. The van der Waals surface area contributed by atoms with Crippen LogP contribution in [0, 0.1) is 27.7 Å². The SMILES string of the molecule is Cc1cc2c3c(c1)N(c1c(C)cc(C(C)(C)C)cc1C)c1sc4ccc(C(C)(C)C)cc4c1B3c1cc(-c3csc4ccccc34)ccc1N2c1c(C)cc(C(C)(C)C)cc1-c1ccccc1.